The first kappa shape index (κ1) is 36.1. The van der Waals surface area contributed by atoms with Crippen LogP contribution in [0.1, 0.15) is 0 Å². The van der Waals surface area contributed by atoms with Crippen molar-refractivity contribution in [3.63, 3.8) is 0 Å². The summed E-state index contributed by atoms with van der Waals surface area (Å²) in [6, 6.07) is 67.1. The van der Waals surface area contributed by atoms with E-state index in [0.717, 1.165) is 78.7 Å². The Kier molecular flexibility index (Phi) is 9.79. The van der Waals surface area contributed by atoms with Crippen LogP contribution in [-0.4, -0.2) is 34.9 Å². The average Bonchev–Trinajstić information content (AvgIpc) is 3.35. The Morgan fingerprint density at radius 3 is 1.12 bits per heavy atom. The van der Waals surface area contributed by atoms with Gasteiger partial charge < -0.3 is 0 Å². The van der Waals surface area contributed by atoms with Gasteiger partial charge in [0, 0.05) is 45.8 Å². The van der Waals surface area contributed by atoms with E-state index >= 15 is 0 Å². The predicted octanol–water partition coefficient (Wildman–Crippen LogP) is 12.5. The van der Waals surface area contributed by atoms with Gasteiger partial charge >= 0.3 is 0 Å². The molecule has 0 spiro atoms. The minimum absolute atomic E-state index is 0.603. The van der Waals surface area contributed by atoms with Crippen molar-refractivity contribution in [3.8, 4) is 102 Å². The Balaban J connectivity index is 1.05. The second kappa shape index (κ2) is 16.3. The van der Waals surface area contributed by atoms with Gasteiger partial charge in [0.2, 0.25) is 0 Å². The van der Waals surface area contributed by atoms with E-state index in [1.165, 1.54) is 0 Å². The van der Waals surface area contributed by atoms with Crippen molar-refractivity contribution >= 4 is 0 Å². The van der Waals surface area contributed by atoms with Gasteiger partial charge in [-0.15, -0.1) is 0 Å². The minimum atomic E-state index is 0.603. The maximum Gasteiger partial charge on any atom is 0.160 e. The van der Waals surface area contributed by atoms with E-state index in [2.05, 4.69) is 60.7 Å². The number of aromatic nitrogens is 7. The Morgan fingerprint density at radius 2 is 0.633 bits per heavy atom. The summed E-state index contributed by atoms with van der Waals surface area (Å²) in [5, 5.41) is 0. The lowest BCUT2D eigenvalue weighted by molar-refractivity contribution is 1.17. The Morgan fingerprint density at radius 1 is 0.217 bits per heavy atom. The lowest BCUT2D eigenvalue weighted by Crippen LogP contribution is -1.98. The van der Waals surface area contributed by atoms with Crippen molar-refractivity contribution in [1.29, 1.82) is 0 Å². The van der Waals surface area contributed by atoms with Gasteiger partial charge in [0.05, 0.1) is 45.6 Å². The van der Waals surface area contributed by atoms with Crippen molar-refractivity contribution in [2.75, 3.05) is 0 Å². The van der Waals surface area contributed by atoms with Crippen molar-refractivity contribution in [2.24, 2.45) is 0 Å². The maximum atomic E-state index is 5.18. The zero-order valence-corrected chi connectivity index (χ0v) is 32.3. The number of rotatable bonds is 9. The molecule has 5 aromatic heterocycles. The van der Waals surface area contributed by atoms with Crippen molar-refractivity contribution in [2.45, 2.75) is 0 Å². The van der Waals surface area contributed by atoms with Gasteiger partial charge in [-0.25, -0.2) is 24.9 Å². The van der Waals surface area contributed by atoms with Gasteiger partial charge in [0.15, 0.2) is 11.6 Å². The van der Waals surface area contributed by atoms with Crippen LogP contribution >= 0.6 is 0 Å². The molecule has 282 valence electrons. The summed E-state index contributed by atoms with van der Waals surface area (Å²) in [7, 11) is 0. The first-order valence-corrected chi connectivity index (χ1v) is 19.7. The van der Waals surface area contributed by atoms with Crippen LogP contribution in [-0.2, 0) is 0 Å². The zero-order chi connectivity index (χ0) is 40.1. The van der Waals surface area contributed by atoms with Crippen LogP contribution in [0.2, 0.25) is 0 Å². The summed E-state index contributed by atoms with van der Waals surface area (Å²) >= 11 is 0. The molecule has 10 rings (SSSR count). The molecule has 5 aromatic carbocycles. The largest absolute Gasteiger partial charge is 0.255 e. The number of hydrogen-bond donors (Lipinski definition) is 0. The summed E-state index contributed by atoms with van der Waals surface area (Å²) in [5.74, 6) is 1.26. The molecule has 0 bridgehead atoms. The first-order chi connectivity index (χ1) is 29.7. The molecule has 0 unspecified atom stereocenters. The first-order valence-electron chi connectivity index (χ1n) is 19.7. The van der Waals surface area contributed by atoms with Crippen LogP contribution in [0.25, 0.3) is 102 Å². The molecule has 0 saturated heterocycles. The summed E-state index contributed by atoms with van der Waals surface area (Å²) in [6.07, 6.45) is 3.65. The summed E-state index contributed by atoms with van der Waals surface area (Å²) in [5.41, 5.74) is 13.9. The molecule has 0 aliphatic rings. The van der Waals surface area contributed by atoms with E-state index in [4.69, 9.17) is 34.9 Å². The summed E-state index contributed by atoms with van der Waals surface area (Å²) in [6.45, 7) is 0. The van der Waals surface area contributed by atoms with Gasteiger partial charge in [0.1, 0.15) is 0 Å². The fourth-order valence-corrected chi connectivity index (χ4v) is 7.16. The third kappa shape index (κ3) is 7.71. The summed E-state index contributed by atoms with van der Waals surface area (Å²) < 4.78 is 0. The third-order valence-electron chi connectivity index (χ3n) is 10.2. The smallest absolute Gasteiger partial charge is 0.160 e. The molecule has 0 N–H and O–H groups in total. The standard InChI is InChI=1S/C53H35N7/c1-6-16-36(17-7-1)43-31-50(44-27-26-42(35-55-44)48-34-47(39-22-12-4-13-23-39)57-52(60-48)40-24-14-5-15-25-40)56-51(32-43)49-30-41(28-29-54-49)53-58-45(37-18-8-2-9-19-37)33-46(59-53)38-20-10-3-11-21-38/h1-35H. The number of nitrogens with zero attached hydrogens (tertiary/aromatic N) is 7. The molecule has 0 aliphatic carbocycles. The van der Waals surface area contributed by atoms with E-state index in [9.17, 15) is 0 Å². The second-order valence-corrected chi connectivity index (χ2v) is 14.2. The molecular formula is C53H35N7. The Hall–Kier alpha value is -8.29. The van der Waals surface area contributed by atoms with Gasteiger partial charge in [-0.05, 0) is 59.7 Å². The zero-order valence-electron chi connectivity index (χ0n) is 32.3. The van der Waals surface area contributed by atoms with Crippen LogP contribution in [0.4, 0.5) is 0 Å². The van der Waals surface area contributed by atoms with Crippen LogP contribution in [0, 0.1) is 0 Å². The molecule has 7 heteroatoms. The molecule has 0 atom stereocenters. The van der Waals surface area contributed by atoms with Crippen molar-refractivity contribution < 1.29 is 0 Å². The molecule has 0 aliphatic heterocycles. The van der Waals surface area contributed by atoms with E-state index in [1.54, 1.807) is 6.20 Å². The monoisotopic (exact) mass is 769 g/mol. The molecule has 10 aromatic rings. The van der Waals surface area contributed by atoms with Gasteiger partial charge in [0.25, 0.3) is 0 Å². The van der Waals surface area contributed by atoms with Gasteiger partial charge in [-0.2, -0.15) is 0 Å². The van der Waals surface area contributed by atoms with E-state index in [1.807, 2.05) is 146 Å². The average molecular weight is 770 g/mol. The fourth-order valence-electron chi connectivity index (χ4n) is 7.16. The van der Waals surface area contributed by atoms with E-state index in [-0.39, 0.29) is 0 Å². The van der Waals surface area contributed by atoms with Gasteiger partial charge in [-0.1, -0.05) is 152 Å². The highest BCUT2D eigenvalue weighted by atomic mass is 14.9. The number of hydrogen-bond acceptors (Lipinski definition) is 7. The molecule has 0 radical (unpaired) electrons. The molecule has 7 nitrogen and oxygen atoms in total. The third-order valence-corrected chi connectivity index (χ3v) is 10.2. The lowest BCUT2D eigenvalue weighted by Gasteiger charge is -2.12. The van der Waals surface area contributed by atoms with Crippen LogP contribution in [0.15, 0.2) is 213 Å². The molecule has 0 amide bonds. The molecule has 0 fully saturated rings. The second-order valence-electron chi connectivity index (χ2n) is 14.2. The Bertz CT molecular complexity index is 2940. The molecule has 60 heavy (non-hydrogen) atoms. The van der Waals surface area contributed by atoms with Crippen LogP contribution in [0.3, 0.4) is 0 Å². The van der Waals surface area contributed by atoms with E-state index < -0.39 is 0 Å². The maximum absolute atomic E-state index is 5.18. The topological polar surface area (TPSA) is 90.2 Å². The van der Waals surface area contributed by atoms with E-state index in [0.29, 0.717) is 23.0 Å². The van der Waals surface area contributed by atoms with Crippen molar-refractivity contribution in [1.82, 2.24) is 34.9 Å². The van der Waals surface area contributed by atoms with Gasteiger partial charge in [-0.3, -0.25) is 9.97 Å². The SMILES string of the molecule is c1ccc(-c2cc(-c3ccc(-c4cc(-c5ccccc5)nc(-c5ccccc5)n4)cn3)nc(-c3cc(-c4nc(-c5ccccc5)cc(-c5ccccc5)n4)ccn3)c2)cc1. The van der Waals surface area contributed by atoms with Crippen LogP contribution in [0.5, 0.6) is 0 Å². The highest BCUT2D eigenvalue weighted by molar-refractivity contribution is 5.78. The van der Waals surface area contributed by atoms with Crippen molar-refractivity contribution in [3.05, 3.63) is 213 Å². The highest BCUT2D eigenvalue weighted by Gasteiger charge is 2.16. The lowest BCUT2D eigenvalue weighted by atomic mass is 10.0. The fraction of sp³-hybridized carbons (Fsp3) is 0. The molecule has 5 heterocycles. The minimum Gasteiger partial charge on any atom is -0.255 e. The predicted molar refractivity (Wildman–Crippen MR) is 240 cm³/mol. The normalized spacial score (nSPS) is 11.0. The highest BCUT2D eigenvalue weighted by Crippen LogP contribution is 2.33. The summed E-state index contributed by atoms with van der Waals surface area (Å²) in [4.78, 5) is 35.1. The number of benzene rings is 5. The van der Waals surface area contributed by atoms with Crippen LogP contribution < -0.4 is 0 Å². The molecular weight excluding hydrogens is 735 g/mol. The number of pyridine rings is 3. The molecule has 0 saturated carbocycles. The Labute approximate surface area is 347 Å². The quantitative estimate of drug-likeness (QED) is 0.144.